The summed E-state index contributed by atoms with van der Waals surface area (Å²) in [6.07, 6.45) is 3.63. The zero-order valence-corrected chi connectivity index (χ0v) is 13.3. The van der Waals surface area contributed by atoms with Crippen molar-refractivity contribution in [3.63, 3.8) is 0 Å². The van der Waals surface area contributed by atoms with Gasteiger partial charge in [-0.15, -0.1) is 0 Å². The lowest BCUT2D eigenvalue weighted by Crippen LogP contribution is -2.49. The highest BCUT2D eigenvalue weighted by Gasteiger charge is 2.34. The number of benzene rings is 1. The van der Waals surface area contributed by atoms with Gasteiger partial charge < -0.3 is 15.3 Å². The van der Waals surface area contributed by atoms with Crippen molar-refractivity contribution in [1.29, 1.82) is 0 Å². The molecule has 0 atom stereocenters. The molecule has 22 heavy (non-hydrogen) atoms. The highest BCUT2D eigenvalue weighted by molar-refractivity contribution is 5.99. The van der Waals surface area contributed by atoms with Gasteiger partial charge in [0.15, 0.2) is 0 Å². The van der Waals surface area contributed by atoms with E-state index in [0.717, 1.165) is 25.7 Å². The van der Waals surface area contributed by atoms with Crippen LogP contribution in [0.15, 0.2) is 24.3 Å². The summed E-state index contributed by atoms with van der Waals surface area (Å²) < 4.78 is 0. The summed E-state index contributed by atoms with van der Waals surface area (Å²) in [5.74, 6) is -0.334. The smallest absolute Gasteiger partial charge is 0.253 e. The van der Waals surface area contributed by atoms with Crippen LogP contribution in [-0.2, 0) is 0 Å². The van der Waals surface area contributed by atoms with Gasteiger partial charge in [-0.3, -0.25) is 9.59 Å². The zero-order valence-electron chi connectivity index (χ0n) is 13.3. The molecule has 2 N–H and O–H groups in total. The van der Waals surface area contributed by atoms with Gasteiger partial charge >= 0.3 is 0 Å². The van der Waals surface area contributed by atoms with Crippen LogP contribution in [0, 0.1) is 0 Å². The molecule has 2 rings (SSSR count). The summed E-state index contributed by atoms with van der Waals surface area (Å²) in [7, 11) is 1.73. The van der Waals surface area contributed by atoms with Crippen molar-refractivity contribution in [3.8, 4) is 0 Å². The Morgan fingerprint density at radius 2 is 1.91 bits per heavy atom. The predicted octanol–water partition coefficient (Wildman–Crippen LogP) is 1.81. The molecule has 0 saturated heterocycles. The Kier molecular flexibility index (Phi) is 5.19. The largest absolute Gasteiger partial charge is 0.394 e. The number of aliphatic hydroxyl groups excluding tert-OH is 1. The van der Waals surface area contributed by atoms with E-state index in [2.05, 4.69) is 5.32 Å². The molecule has 5 heteroatoms. The fourth-order valence-corrected chi connectivity index (χ4v) is 2.84. The summed E-state index contributed by atoms with van der Waals surface area (Å²) in [6.45, 7) is 2.47. The molecular weight excluding hydrogens is 280 g/mol. The molecule has 1 aliphatic carbocycles. The summed E-state index contributed by atoms with van der Waals surface area (Å²) in [6, 6.07) is 6.73. The van der Waals surface area contributed by atoms with E-state index in [-0.39, 0.29) is 18.4 Å². The predicted molar refractivity (Wildman–Crippen MR) is 84.8 cm³/mol. The molecule has 0 heterocycles. The van der Waals surface area contributed by atoms with Crippen LogP contribution in [0.1, 0.15) is 53.3 Å². The summed E-state index contributed by atoms with van der Waals surface area (Å²) in [5, 5.41) is 12.5. The molecule has 0 unspecified atom stereocenters. The van der Waals surface area contributed by atoms with Gasteiger partial charge in [-0.2, -0.15) is 0 Å². The Hall–Kier alpha value is -1.88. The third kappa shape index (κ3) is 3.47. The van der Waals surface area contributed by atoms with Gasteiger partial charge in [0.2, 0.25) is 0 Å². The second kappa shape index (κ2) is 6.92. The van der Waals surface area contributed by atoms with Crippen molar-refractivity contribution in [2.45, 2.75) is 38.1 Å². The molecule has 1 aromatic rings. The lowest BCUT2D eigenvalue weighted by atomic mass is 9.98. The van der Waals surface area contributed by atoms with E-state index in [0.29, 0.717) is 17.7 Å². The van der Waals surface area contributed by atoms with Gasteiger partial charge in [0, 0.05) is 24.7 Å². The molecule has 1 fully saturated rings. The fraction of sp³-hybridized carbons (Fsp3) is 0.529. The molecule has 0 spiro atoms. The van der Waals surface area contributed by atoms with Crippen LogP contribution in [-0.4, -0.2) is 47.6 Å². The third-order valence-corrected chi connectivity index (χ3v) is 4.43. The lowest BCUT2D eigenvalue weighted by molar-refractivity contribution is 0.0802. The molecule has 1 aromatic carbocycles. The minimum atomic E-state index is -0.503. The molecule has 2 amide bonds. The van der Waals surface area contributed by atoms with Crippen molar-refractivity contribution in [1.82, 2.24) is 10.2 Å². The molecule has 0 radical (unpaired) electrons. The van der Waals surface area contributed by atoms with Crippen molar-refractivity contribution in [3.05, 3.63) is 35.4 Å². The van der Waals surface area contributed by atoms with Crippen LogP contribution in [0.5, 0.6) is 0 Å². The Balaban J connectivity index is 2.15. The minimum absolute atomic E-state index is 0.0457. The highest BCUT2D eigenvalue weighted by atomic mass is 16.3. The average Bonchev–Trinajstić information content (AvgIpc) is 3.02. The number of carbonyl (C=O) groups excluding carboxylic acids is 2. The normalized spacial score (nSPS) is 16.3. The van der Waals surface area contributed by atoms with E-state index in [4.69, 9.17) is 0 Å². The van der Waals surface area contributed by atoms with Gasteiger partial charge in [0.05, 0.1) is 12.1 Å². The molecule has 5 nitrogen and oxygen atoms in total. The van der Waals surface area contributed by atoms with Crippen LogP contribution in [0.2, 0.25) is 0 Å². The van der Waals surface area contributed by atoms with Crippen molar-refractivity contribution >= 4 is 11.8 Å². The quantitative estimate of drug-likeness (QED) is 0.871. The summed E-state index contributed by atoms with van der Waals surface area (Å²) >= 11 is 0. The van der Waals surface area contributed by atoms with Gasteiger partial charge in [0.1, 0.15) is 0 Å². The molecule has 0 aliphatic heterocycles. The van der Waals surface area contributed by atoms with E-state index in [1.807, 2.05) is 6.92 Å². The number of carbonyl (C=O) groups is 2. The Labute approximate surface area is 131 Å². The maximum absolute atomic E-state index is 12.4. The molecule has 1 saturated carbocycles. The lowest BCUT2D eigenvalue weighted by Gasteiger charge is -2.28. The minimum Gasteiger partial charge on any atom is -0.394 e. The van der Waals surface area contributed by atoms with E-state index in [1.165, 1.54) is 0 Å². The molecule has 0 aromatic heterocycles. The van der Waals surface area contributed by atoms with Crippen molar-refractivity contribution in [2.75, 3.05) is 20.2 Å². The van der Waals surface area contributed by atoms with E-state index >= 15 is 0 Å². The first kappa shape index (κ1) is 16.5. The second-order valence-corrected chi connectivity index (χ2v) is 6.00. The summed E-state index contributed by atoms with van der Waals surface area (Å²) in [5.41, 5.74) is 0.452. The first-order valence-electron chi connectivity index (χ1n) is 7.80. The van der Waals surface area contributed by atoms with Crippen LogP contribution in [0.25, 0.3) is 0 Å². The standard InChI is InChI=1S/C17H24N2O3/c1-3-19(2)16(22)14-8-6-7-13(11-14)15(21)18-17(12-20)9-4-5-10-17/h6-8,11,20H,3-5,9-10,12H2,1-2H3,(H,18,21). The number of hydrogen-bond donors (Lipinski definition) is 2. The number of amides is 2. The van der Waals surface area contributed by atoms with E-state index in [9.17, 15) is 14.7 Å². The first-order valence-corrected chi connectivity index (χ1v) is 7.80. The third-order valence-electron chi connectivity index (χ3n) is 4.43. The van der Waals surface area contributed by atoms with Crippen LogP contribution < -0.4 is 5.32 Å². The number of hydrogen-bond acceptors (Lipinski definition) is 3. The van der Waals surface area contributed by atoms with Crippen LogP contribution in [0.3, 0.4) is 0 Å². The number of nitrogens with one attached hydrogen (secondary N) is 1. The highest BCUT2D eigenvalue weighted by Crippen LogP contribution is 2.29. The van der Waals surface area contributed by atoms with Crippen LogP contribution in [0.4, 0.5) is 0 Å². The maximum Gasteiger partial charge on any atom is 0.253 e. The number of rotatable bonds is 5. The zero-order chi connectivity index (χ0) is 16.2. The fourth-order valence-electron chi connectivity index (χ4n) is 2.84. The Morgan fingerprint density at radius 1 is 1.27 bits per heavy atom. The number of nitrogens with zero attached hydrogens (tertiary/aromatic N) is 1. The summed E-state index contributed by atoms with van der Waals surface area (Å²) in [4.78, 5) is 26.2. The molecular formula is C17H24N2O3. The average molecular weight is 304 g/mol. The van der Waals surface area contributed by atoms with Gasteiger partial charge in [0.25, 0.3) is 11.8 Å². The number of aliphatic hydroxyl groups is 1. The van der Waals surface area contributed by atoms with Gasteiger partial charge in [-0.25, -0.2) is 0 Å². The van der Waals surface area contributed by atoms with Crippen molar-refractivity contribution in [2.24, 2.45) is 0 Å². The molecule has 0 bridgehead atoms. The topological polar surface area (TPSA) is 69.6 Å². The van der Waals surface area contributed by atoms with Gasteiger partial charge in [-0.05, 0) is 38.0 Å². The van der Waals surface area contributed by atoms with E-state index < -0.39 is 5.54 Å². The SMILES string of the molecule is CCN(C)C(=O)c1cccc(C(=O)NC2(CO)CCCC2)c1. The van der Waals surface area contributed by atoms with E-state index in [1.54, 1.807) is 36.2 Å². The van der Waals surface area contributed by atoms with Crippen molar-refractivity contribution < 1.29 is 14.7 Å². The first-order chi connectivity index (χ1) is 10.5. The Morgan fingerprint density at radius 3 is 2.50 bits per heavy atom. The maximum atomic E-state index is 12.4. The van der Waals surface area contributed by atoms with Crippen LogP contribution >= 0.6 is 0 Å². The Bertz CT molecular complexity index is 551. The van der Waals surface area contributed by atoms with Gasteiger partial charge in [-0.1, -0.05) is 18.9 Å². The second-order valence-electron chi connectivity index (χ2n) is 6.00. The molecule has 1 aliphatic rings. The molecule has 120 valence electrons. The monoisotopic (exact) mass is 304 g/mol.